The van der Waals surface area contributed by atoms with Gasteiger partial charge in [0.25, 0.3) is 0 Å². The molecular formula is C24H38FN3O5. The maximum atomic E-state index is 13.5. The number of ether oxygens (including phenoxy) is 3. The summed E-state index contributed by atoms with van der Waals surface area (Å²) < 4.78 is 29.9. The van der Waals surface area contributed by atoms with Gasteiger partial charge >= 0.3 is 6.09 Å². The van der Waals surface area contributed by atoms with E-state index in [2.05, 4.69) is 5.32 Å². The minimum atomic E-state index is -0.529. The van der Waals surface area contributed by atoms with E-state index in [0.29, 0.717) is 51.6 Å². The topological polar surface area (TPSA) is 80.3 Å². The molecule has 1 heterocycles. The molecular weight excluding hydrogens is 429 g/mol. The van der Waals surface area contributed by atoms with Crippen molar-refractivity contribution in [3.63, 3.8) is 0 Å². The molecule has 0 aromatic heterocycles. The quantitative estimate of drug-likeness (QED) is 0.376. The molecule has 0 spiro atoms. The summed E-state index contributed by atoms with van der Waals surface area (Å²) in [6.07, 6.45) is 3.15. The molecule has 1 unspecified atom stereocenters. The van der Waals surface area contributed by atoms with E-state index in [-0.39, 0.29) is 31.8 Å². The van der Waals surface area contributed by atoms with E-state index >= 15 is 0 Å². The fourth-order valence-electron chi connectivity index (χ4n) is 3.34. The summed E-state index contributed by atoms with van der Waals surface area (Å²) in [5, 5.41) is 2.64. The lowest BCUT2D eigenvalue weighted by molar-refractivity contribution is -0.125. The normalized spacial score (nSPS) is 16.1. The Labute approximate surface area is 197 Å². The third kappa shape index (κ3) is 9.79. The molecule has 1 aromatic rings. The Morgan fingerprint density at radius 3 is 2.82 bits per heavy atom. The van der Waals surface area contributed by atoms with E-state index in [1.165, 1.54) is 12.1 Å². The number of carbonyl (C=O) groups excluding carboxylic acids is 2. The summed E-state index contributed by atoms with van der Waals surface area (Å²) in [6.45, 7) is 6.87. The first-order valence-corrected chi connectivity index (χ1v) is 11.3. The van der Waals surface area contributed by atoms with Crippen LogP contribution in [0.3, 0.4) is 0 Å². The molecule has 0 aliphatic carbocycles. The molecule has 33 heavy (non-hydrogen) atoms. The van der Waals surface area contributed by atoms with Crippen LogP contribution in [0, 0.1) is 5.82 Å². The first kappa shape index (κ1) is 26.6. The molecule has 1 atom stereocenters. The van der Waals surface area contributed by atoms with Crippen LogP contribution in [0.1, 0.15) is 33.2 Å². The van der Waals surface area contributed by atoms with Crippen LogP contribution in [0.4, 0.5) is 9.18 Å². The molecule has 9 heteroatoms. The van der Waals surface area contributed by atoms with Crippen LogP contribution in [0.5, 0.6) is 5.75 Å². The molecule has 1 aliphatic heterocycles. The number of likely N-dealkylation sites (tertiary alicyclic amines) is 1. The number of hydrogen-bond donors (Lipinski definition) is 1. The predicted octanol–water partition coefficient (Wildman–Crippen LogP) is 3.04. The fraction of sp³-hybridized carbons (Fsp3) is 0.583. The summed E-state index contributed by atoms with van der Waals surface area (Å²) in [7, 11) is 3.86. The number of carbonyl (C=O) groups is 2. The van der Waals surface area contributed by atoms with Crippen LogP contribution >= 0.6 is 0 Å². The van der Waals surface area contributed by atoms with Gasteiger partial charge in [0.15, 0.2) is 0 Å². The summed E-state index contributed by atoms with van der Waals surface area (Å²) in [5.74, 6) is 0.334. The van der Waals surface area contributed by atoms with E-state index in [4.69, 9.17) is 14.2 Å². The van der Waals surface area contributed by atoms with E-state index in [1.54, 1.807) is 17.0 Å². The molecule has 1 aromatic carbocycles. The largest absolute Gasteiger partial charge is 0.491 e. The van der Waals surface area contributed by atoms with E-state index in [0.717, 1.165) is 5.56 Å². The lowest BCUT2D eigenvalue weighted by Gasteiger charge is -2.16. The highest BCUT2D eigenvalue weighted by Gasteiger charge is 2.27. The lowest BCUT2D eigenvalue weighted by Crippen LogP contribution is -2.34. The van der Waals surface area contributed by atoms with Gasteiger partial charge in [-0.15, -0.1) is 0 Å². The number of hydrogen-bond acceptors (Lipinski definition) is 6. The summed E-state index contributed by atoms with van der Waals surface area (Å²) in [5.41, 5.74) is 0.942. The molecule has 1 aliphatic rings. The Balaban J connectivity index is 0.00000578. The number of nitrogens with one attached hydrogen (secondary N) is 1. The summed E-state index contributed by atoms with van der Waals surface area (Å²) in [6, 6.07) is 4.53. The third-order valence-electron chi connectivity index (χ3n) is 5.06. The van der Waals surface area contributed by atoms with Crippen LogP contribution in [0.2, 0.25) is 0 Å². The molecule has 0 bridgehead atoms. The van der Waals surface area contributed by atoms with Gasteiger partial charge < -0.3 is 29.3 Å². The van der Waals surface area contributed by atoms with Gasteiger partial charge in [-0.1, -0.05) is 26.0 Å². The number of alkyl carbamates (subject to hydrolysis) is 1. The number of rotatable bonds is 12. The Morgan fingerprint density at radius 2 is 2.09 bits per heavy atom. The summed E-state index contributed by atoms with van der Waals surface area (Å²) in [4.78, 5) is 27.7. The van der Waals surface area contributed by atoms with Gasteiger partial charge in [-0.2, -0.15) is 0 Å². The highest BCUT2D eigenvalue weighted by Crippen LogP contribution is 2.27. The van der Waals surface area contributed by atoms with Gasteiger partial charge in [-0.25, -0.2) is 9.18 Å². The van der Waals surface area contributed by atoms with Crippen molar-refractivity contribution in [3.8, 4) is 5.75 Å². The predicted molar refractivity (Wildman–Crippen MR) is 126 cm³/mol. The number of benzene rings is 1. The van der Waals surface area contributed by atoms with Crippen LogP contribution in [-0.4, -0.2) is 88.0 Å². The number of likely N-dealkylation sites (N-methyl/N-ethyl adjacent to an activating group) is 1. The molecule has 1 saturated heterocycles. The monoisotopic (exact) mass is 467 g/mol. The van der Waals surface area contributed by atoms with Crippen molar-refractivity contribution in [1.29, 1.82) is 0 Å². The van der Waals surface area contributed by atoms with Crippen LogP contribution < -0.4 is 10.1 Å². The van der Waals surface area contributed by atoms with Gasteiger partial charge in [0.1, 0.15) is 24.3 Å². The van der Waals surface area contributed by atoms with Crippen LogP contribution in [0.25, 0.3) is 0 Å². The van der Waals surface area contributed by atoms with Crippen molar-refractivity contribution in [1.82, 2.24) is 15.1 Å². The van der Waals surface area contributed by atoms with Gasteiger partial charge in [-0.05, 0) is 31.6 Å². The van der Waals surface area contributed by atoms with Crippen molar-refractivity contribution >= 4 is 12.0 Å². The van der Waals surface area contributed by atoms with Crippen molar-refractivity contribution in [3.05, 3.63) is 41.7 Å². The van der Waals surface area contributed by atoms with Crippen molar-refractivity contribution < 1.29 is 29.6 Å². The molecule has 8 nitrogen and oxygen atoms in total. The number of nitrogens with zero attached hydrogens (tertiary/aromatic N) is 2. The van der Waals surface area contributed by atoms with E-state index < -0.39 is 6.09 Å². The minimum Gasteiger partial charge on any atom is -0.491 e. The van der Waals surface area contributed by atoms with Crippen LogP contribution in [0.15, 0.2) is 30.4 Å². The first-order chi connectivity index (χ1) is 15.8. The minimum absolute atomic E-state index is 0. The second-order valence-corrected chi connectivity index (χ2v) is 8.49. The number of amides is 2. The summed E-state index contributed by atoms with van der Waals surface area (Å²) >= 11 is 0. The second-order valence-electron chi connectivity index (χ2n) is 8.49. The molecule has 1 N–H and O–H groups in total. The average Bonchev–Trinajstić information content (AvgIpc) is 3.21. The lowest BCUT2D eigenvalue weighted by atomic mass is 10.0. The average molecular weight is 468 g/mol. The maximum Gasteiger partial charge on any atom is 0.407 e. The maximum absolute atomic E-state index is 13.5. The molecule has 2 amide bonds. The fourth-order valence-corrected chi connectivity index (χ4v) is 3.34. The smallest absolute Gasteiger partial charge is 0.407 e. The Kier molecular flexibility index (Phi) is 11.1. The Morgan fingerprint density at radius 1 is 1.30 bits per heavy atom. The van der Waals surface area contributed by atoms with Gasteiger partial charge in [0.2, 0.25) is 5.91 Å². The Hall–Kier alpha value is -2.65. The molecule has 1 fully saturated rings. The Bertz CT molecular complexity index is 807. The standard InChI is InChI=1S/C24H36FN3O5.H2/c1-18(2)21-8-7-19(25)16-22(21)32-15-14-31-13-10-26-24(30)33-20-9-12-28(17-20)23(29)6-5-11-27(3)4;/h5-8,16,18,20H,9-15,17H2,1-4H3,(H,26,30);1H/b6-5+;. The number of halogens is 1. The zero-order valence-electron chi connectivity index (χ0n) is 20.0. The highest BCUT2D eigenvalue weighted by molar-refractivity contribution is 5.87. The van der Waals surface area contributed by atoms with Gasteiger partial charge in [0, 0.05) is 39.6 Å². The second kappa shape index (κ2) is 13.8. The van der Waals surface area contributed by atoms with Crippen molar-refractivity contribution in [2.24, 2.45) is 0 Å². The first-order valence-electron chi connectivity index (χ1n) is 11.3. The third-order valence-corrected chi connectivity index (χ3v) is 5.06. The SMILES string of the molecule is CC(C)c1ccc(F)cc1OCCOCCNC(=O)OC1CCN(C(=O)/C=C/CN(C)C)C1.[HH]. The van der Waals surface area contributed by atoms with Gasteiger partial charge in [0.05, 0.1) is 19.8 Å². The van der Waals surface area contributed by atoms with Crippen LogP contribution in [-0.2, 0) is 14.3 Å². The van der Waals surface area contributed by atoms with E-state index in [9.17, 15) is 14.0 Å². The molecule has 186 valence electrons. The van der Waals surface area contributed by atoms with Gasteiger partial charge in [-0.3, -0.25) is 4.79 Å². The molecule has 2 rings (SSSR count). The van der Waals surface area contributed by atoms with Crippen molar-refractivity contribution in [2.75, 3.05) is 60.1 Å². The molecule has 0 saturated carbocycles. The van der Waals surface area contributed by atoms with Crippen molar-refractivity contribution in [2.45, 2.75) is 32.3 Å². The zero-order valence-corrected chi connectivity index (χ0v) is 20.0. The molecule has 0 radical (unpaired) electrons. The van der Waals surface area contributed by atoms with E-state index in [1.807, 2.05) is 38.9 Å². The highest BCUT2D eigenvalue weighted by atomic mass is 19.1. The zero-order chi connectivity index (χ0) is 24.2.